The molecule has 0 bridgehead atoms. The van der Waals surface area contributed by atoms with Crippen molar-refractivity contribution in [3.63, 3.8) is 0 Å². The van der Waals surface area contributed by atoms with Crippen LogP contribution >= 0.6 is 0 Å². The van der Waals surface area contributed by atoms with Gasteiger partial charge in [0.05, 0.1) is 25.3 Å². The lowest BCUT2D eigenvalue weighted by Crippen LogP contribution is -2.29. The first-order valence-electron chi connectivity index (χ1n) is 12.9. The molecule has 1 aliphatic heterocycles. The summed E-state index contributed by atoms with van der Waals surface area (Å²) in [6.45, 7) is 9.15. The molecule has 4 rings (SSSR count). The topological polar surface area (TPSA) is 76.1 Å². The van der Waals surface area contributed by atoms with Gasteiger partial charge in [-0.1, -0.05) is 64.1 Å². The first kappa shape index (κ1) is 27.0. The van der Waals surface area contributed by atoms with Crippen LogP contribution < -0.4 is 9.47 Å². The molecule has 1 aliphatic rings. The number of carbonyl (C=O) groups excluding carboxylic acids is 2. The van der Waals surface area contributed by atoms with Crippen LogP contribution in [0.25, 0.3) is 5.76 Å². The molecule has 1 fully saturated rings. The lowest BCUT2D eigenvalue weighted by Gasteiger charge is -2.26. The van der Waals surface area contributed by atoms with Gasteiger partial charge in [-0.25, -0.2) is 0 Å². The van der Waals surface area contributed by atoms with Gasteiger partial charge in [0.1, 0.15) is 17.3 Å². The number of ether oxygens (including phenoxy) is 2. The summed E-state index contributed by atoms with van der Waals surface area (Å²) in [7, 11) is 1.59. The van der Waals surface area contributed by atoms with Crippen LogP contribution in [0.4, 0.5) is 0 Å². The largest absolute Gasteiger partial charge is 0.507 e. The number of methoxy groups -OCH3 is 1. The Morgan fingerprint density at radius 2 is 1.47 bits per heavy atom. The van der Waals surface area contributed by atoms with Gasteiger partial charge in [-0.2, -0.15) is 0 Å². The summed E-state index contributed by atoms with van der Waals surface area (Å²) in [6, 6.07) is 21.5. The van der Waals surface area contributed by atoms with E-state index in [1.54, 1.807) is 31.4 Å². The van der Waals surface area contributed by atoms with E-state index in [0.717, 1.165) is 16.7 Å². The van der Waals surface area contributed by atoms with Crippen LogP contribution in [-0.4, -0.2) is 35.4 Å². The standard InChI is InChI=1S/C32H35NO5/c1-20(2)19-38-27-16-12-25(13-17-27)30(34)28-29(24-10-8-23(9-11-24)21(3)4)33(32(36)31(28)35)18-22-6-14-26(37-5)15-7-22/h6-17,20-21,29,34H,18-19H2,1-5H3/b30-28-. The van der Waals surface area contributed by atoms with E-state index in [-0.39, 0.29) is 17.9 Å². The number of benzene rings is 3. The van der Waals surface area contributed by atoms with Crippen LogP contribution in [0.1, 0.15) is 61.9 Å². The Labute approximate surface area is 224 Å². The molecule has 0 aromatic heterocycles. The smallest absolute Gasteiger partial charge is 0.295 e. The zero-order valence-corrected chi connectivity index (χ0v) is 22.6. The van der Waals surface area contributed by atoms with Gasteiger partial charge in [0, 0.05) is 12.1 Å². The average molecular weight is 514 g/mol. The lowest BCUT2D eigenvalue weighted by molar-refractivity contribution is -0.140. The zero-order valence-electron chi connectivity index (χ0n) is 22.6. The first-order valence-corrected chi connectivity index (χ1v) is 12.9. The highest BCUT2D eigenvalue weighted by Crippen LogP contribution is 2.41. The van der Waals surface area contributed by atoms with Crippen molar-refractivity contribution in [2.45, 2.75) is 46.2 Å². The molecule has 38 heavy (non-hydrogen) atoms. The molecule has 0 radical (unpaired) electrons. The van der Waals surface area contributed by atoms with Crippen molar-refractivity contribution in [3.05, 3.63) is 101 Å². The van der Waals surface area contributed by atoms with Gasteiger partial charge in [0.25, 0.3) is 11.7 Å². The summed E-state index contributed by atoms with van der Waals surface area (Å²) in [5.41, 5.74) is 3.30. The predicted octanol–water partition coefficient (Wildman–Crippen LogP) is 6.48. The van der Waals surface area contributed by atoms with E-state index in [1.807, 2.05) is 48.5 Å². The molecular formula is C32H35NO5. The summed E-state index contributed by atoms with van der Waals surface area (Å²) in [5, 5.41) is 11.4. The average Bonchev–Trinajstić information content (AvgIpc) is 3.17. The molecule has 1 amide bonds. The van der Waals surface area contributed by atoms with Crippen LogP contribution in [-0.2, 0) is 16.1 Å². The fourth-order valence-corrected chi connectivity index (χ4v) is 4.51. The maximum Gasteiger partial charge on any atom is 0.295 e. The van der Waals surface area contributed by atoms with Crippen molar-refractivity contribution in [2.75, 3.05) is 13.7 Å². The van der Waals surface area contributed by atoms with Crippen LogP contribution in [0.2, 0.25) is 0 Å². The number of likely N-dealkylation sites (tertiary alicyclic amines) is 1. The zero-order chi connectivity index (χ0) is 27.4. The minimum absolute atomic E-state index is 0.0802. The first-order chi connectivity index (χ1) is 18.2. The SMILES string of the molecule is COc1ccc(CN2C(=O)C(=O)/C(=C(\O)c3ccc(OCC(C)C)cc3)C2c2ccc(C(C)C)cc2)cc1. The normalized spacial score (nSPS) is 16.9. The number of nitrogens with zero attached hydrogens (tertiary/aromatic N) is 1. The Hall–Kier alpha value is -4.06. The van der Waals surface area contributed by atoms with Crippen LogP contribution in [0.3, 0.4) is 0 Å². The van der Waals surface area contributed by atoms with E-state index in [1.165, 1.54) is 4.90 Å². The Morgan fingerprint density at radius 1 is 0.868 bits per heavy atom. The molecule has 1 unspecified atom stereocenters. The quantitative estimate of drug-likeness (QED) is 0.201. The van der Waals surface area contributed by atoms with Gasteiger partial charge in [-0.05, 0) is 64.9 Å². The molecule has 1 N–H and O–H groups in total. The van der Waals surface area contributed by atoms with E-state index in [2.05, 4.69) is 27.7 Å². The van der Waals surface area contributed by atoms with Crippen molar-refractivity contribution in [1.29, 1.82) is 0 Å². The summed E-state index contributed by atoms with van der Waals surface area (Å²) >= 11 is 0. The molecule has 3 aromatic carbocycles. The second-order valence-corrected chi connectivity index (χ2v) is 10.3. The number of ketones is 1. The molecule has 6 nitrogen and oxygen atoms in total. The minimum Gasteiger partial charge on any atom is -0.507 e. The summed E-state index contributed by atoms with van der Waals surface area (Å²) in [6.07, 6.45) is 0. The maximum absolute atomic E-state index is 13.4. The second kappa shape index (κ2) is 11.5. The van der Waals surface area contributed by atoms with E-state index in [9.17, 15) is 14.7 Å². The van der Waals surface area contributed by atoms with Crippen LogP contribution in [0, 0.1) is 5.92 Å². The summed E-state index contributed by atoms with van der Waals surface area (Å²) in [4.78, 5) is 28.2. The van der Waals surface area contributed by atoms with Crippen molar-refractivity contribution in [1.82, 2.24) is 4.90 Å². The monoisotopic (exact) mass is 513 g/mol. The number of hydrogen-bond acceptors (Lipinski definition) is 5. The van der Waals surface area contributed by atoms with Crippen LogP contribution in [0.15, 0.2) is 78.4 Å². The summed E-state index contributed by atoms with van der Waals surface area (Å²) in [5.74, 6) is 0.562. The highest BCUT2D eigenvalue weighted by Gasteiger charge is 2.46. The molecular weight excluding hydrogens is 478 g/mol. The Balaban J connectivity index is 1.75. The van der Waals surface area contributed by atoms with Gasteiger partial charge < -0.3 is 19.5 Å². The van der Waals surface area contributed by atoms with Gasteiger partial charge >= 0.3 is 0 Å². The molecule has 0 spiro atoms. The number of aliphatic hydroxyl groups excluding tert-OH is 1. The van der Waals surface area contributed by atoms with Crippen molar-refractivity contribution in [3.8, 4) is 11.5 Å². The van der Waals surface area contributed by atoms with Gasteiger partial charge in [0.2, 0.25) is 0 Å². The third-order valence-electron chi connectivity index (χ3n) is 6.68. The highest BCUT2D eigenvalue weighted by atomic mass is 16.5. The van der Waals surface area contributed by atoms with E-state index >= 15 is 0 Å². The van der Waals surface area contributed by atoms with Crippen molar-refractivity contribution >= 4 is 17.4 Å². The Bertz CT molecular complexity index is 1310. The molecule has 6 heteroatoms. The fraction of sp³-hybridized carbons (Fsp3) is 0.312. The van der Waals surface area contributed by atoms with Crippen molar-refractivity contribution in [2.24, 2.45) is 5.92 Å². The molecule has 198 valence electrons. The third-order valence-corrected chi connectivity index (χ3v) is 6.68. The molecule has 0 aliphatic carbocycles. The van der Waals surface area contributed by atoms with Crippen molar-refractivity contribution < 1.29 is 24.2 Å². The fourth-order valence-electron chi connectivity index (χ4n) is 4.51. The van der Waals surface area contributed by atoms with Gasteiger partial charge in [0.15, 0.2) is 0 Å². The number of carbonyl (C=O) groups is 2. The van der Waals surface area contributed by atoms with E-state index < -0.39 is 17.7 Å². The lowest BCUT2D eigenvalue weighted by atomic mass is 9.93. The molecule has 1 heterocycles. The van der Waals surface area contributed by atoms with E-state index in [4.69, 9.17) is 9.47 Å². The Kier molecular flexibility index (Phi) is 8.20. The van der Waals surface area contributed by atoms with E-state index in [0.29, 0.717) is 35.5 Å². The van der Waals surface area contributed by atoms with Gasteiger partial charge in [-0.3, -0.25) is 9.59 Å². The molecule has 0 saturated carbocycles. The number of rotatable bonds is 9. The molecule has 1 atom stereocenters. The number of Topliss-reactive ketones (excluding diaryl/α,β-unsaturated/α-hetero) is 1. The number of aliphatic hydroxyl groups is 1. The third kappa shape index (κ3) is 5.75. The number of hydrogen-bond donors (Lipinski definition) is 1. The minimum atomic E-state index is -0.727. The second-order valence-electron chi connectivity index (χ2n) is 10.3. The molecule has 3 aromatic rings. The highest BCUT2D eigenvalue weighted by molar-refractivity contribution is 6.46. The summed E-state index contributed by atoms with van der Waals surface area (Å²) < 4.78 is 11.0. The maximum atomic E-state index is 13.4. The molecule has 1 saturated heterocycles. The van der Waals surface area contributed by atoms with Crippen LogP contribution in [0.5, 0.6) is 11.5 Å². The number of amides is 1. The Morgan fingerprint density at radius 3 is 2.03 bits per heavy atom. The predicted molar refractivity (Wildman–Crippen MR) is 148 cm³/mol. The van der Waals surface area contributed by atoms with Gasteiger partial charge in [-0.15, -0.1) is 0 Å².